The number of rotatable bonds is 5. The molecule has 1 N–H and O–H groups in total. The first-order valence-electron chi connectivity index (χ1n) is 7.63. The Labute approximate surface area is 150 Å². The number of amides is 1. The molecule has 1 heterocycles. The SMILES string of the molecule is Cc1csc(SCc2ccccc2C(=O)Nc2ccccc2C)n1. The summed E-state index contributed by atoms with van der Waals surface area (Å²) in [7, 11) is 0. The van der Waals surface area contributed by atoms with Gasteiger partial charge in [-0.25, -0.2) is 4.98 Å². The van der Waals surface area contributed by atoms with Crippen LogP contribution in [-0.4, -0.2) is 10.9 Å². The van der Waals surface area contributed by atoms with Gasteiger partial charge in [0, 0.05) is 28.1 Å². The number of aromatic nitrogens is 1. The summed E-state index contributed by atoms with van der Waals surface area (Å²) in [6.07, 6.45) is 0. The highest BCUT2D eigenvalue weighted by atomic mass is 32.2. The van der Waals surface area contributed by atoms with Crippen molar-refractivity contribution < 1.29 is 4.79 Å². The van der Waals surface area contributed by atoms with Crippen molar-refractivity contribution >= 4 is 34.7 Å². The molecule has 0 saturated carbocycles. The lowest BCUT2D eigenvalue weighted by atomic mass is 10.1. The normalized spacial score (nSPS) is 10.6. The van der Waals surface area contributed by atoms with Gasteiger partial charge in [-0.15, -0.1) is 11.3 Å². The van der Waals surface area contributed by atoms with Crippen molar-refractivity contribution in [3.05, 3.63) is 76.3 Å². The van der Waals surface area contributed by atoms with Crippen LogP contribution in [0.1, 0.15) is 27.2 Å². The third kappa shape index (κ3) is 4.04. The molecule has 3 aromatic rings. The number of anilines is 1. The van der Waals surface area contributed by atoms with Gasteiger partial charge in [0.05, 0.1) is 0 Å². The first-order valence-corrected chi connectivity index (χ1v) is 9.50. The summed E-state index contributed by atoms with van der Waals surface area (Å²) >= 11 is 3.30. The Kier molecular flexibility index (Phi) is 5.33. The number of nitrogens with one attached hydrogen (secondary N) is 1. The van der Waals surface area contributed by atoms with E-state index in [4.69, 9.17) is 0 Å². The van der Waals surface area contributed by atoms with E-state index >= 15 is 0 Å². The molecular formula is C19H18N2OS2. The molecule has 0 unspecified atom stereocenters. The lowest BCUT2D eigenvalue weighted by molar-refractivity contribution is 0.102. The fourth-order valence-corrected chi connectivity index (χ4v) is 4.16. The monoisotopic (exact) mass is 354 g/mol. The molecule has 1 aromatic heterocycles. The van der Waals surface area contributed by atoms with E-state index in [1.165, 1.54) is 0 Å². The largest absolute Gasteiger partial charge is 0.322 e. The molecule has 0 bridgehead atoms. The van der Waals surface area contributed by atoms with Crippen LogP contribution in [0.25, 0.3) is 0 Å². The van der Waals surface area contributed by atoms with Gasteiger partial charge in [0.25, 0.3) is 5.91 Å². The van der Waals surface area contributed by atoms with Gasteiger partial charge in [-0.1, -0.05) is 48.2 Å². The molecule has 0 aliphatic carbocycles. The second kappa shape index (κ2) is 7.64. The zero-order valence-corrected chi connectivity index (χ0v) is 15.2. The fourth-order valence-electron chi connectivity index (χ4n) is 2.31. The molecule has 1 amide bonds. The van der Waals surface area contributed by atoms with Crippen LogP contribution in [0.2, 0.25) is 0 Å². The number of benzene rings is 2. The Hall–Kier alpha value is -2.11. The van der Waals surface area contributed by atoms with Crippen molar-refractivity contribution in [3.8, 4) is 0 Å². The van der Waals surface area contributed by atoms with E-state index in [-0.39, 0.29) is 5.91 Å². The average Bonchev–Trinajstić information content (AvgIpc) is 3.01. The number of thiazole rings is 1. The first kappa shape index (κ1) is 16.7. The van der Waals surface area contributed by atoms with Gasteiger partial charge in [-0.2, -0.15) is 0 Å². The van der Waals surface area contributed by atoms with E-state index in [1.807, 2.05) is 67.8 Å². The lowest BCUT2D eigenvalue weighted by Gasteiger charge is -2.11. The van der Waals surface area contributed by atoms with Crippen LogP contribution in [0.3, 0.4) is 0 Å². The van der Waals surface area contributed by atoms with Crippen LogP contribution < -0.4 is 5.32 Å². The summed E-state index contributed by atoms with van der Waals surface area (Å²) in [5, 5.41) is 5.05. The summed E-state index contributed by atoms with van der Waals surface area (Å²) in [4.78, 5) is 17.1. The maximum absolute atomic E-state index is 12.7. The molecule has 122 valence electrons. The van der Waals surface area contributed by atoms with Gasteiger partial charge in [0.2, 0.25) is 0 Å². The molecule has 3 nitrogen and oxygen atoms in total. The van der Waals surface area contributed by atoms with Crippen LogP contribution in [0, 0.1) is 13.8 Å². The Balaban J connectivity index is 1.75. The van der Waals surface area contributed by atoms with Crippen LogP contribution in [0.5, 0.6) is 0 Å². The molecule has 0 radical (unpaired) electrons. The van der Waals surface area contributed by atoms with E-state index in [1.54, 1.807) is 23.1 Å². The van der Waals surface area contributed by atoms with Gasteiger partial charge in [-0.3, -0.25) is 4.79 Å². The highest BCUT2D eigenvalue weighted by Crippen LogP contribution is 2.27. The number of hydrogen-bond donors (Lipinski definition) is 1. The Morgan fingerprint density at radius 3 is 2.62 bits per heavy atom. The summed E-state index contributed by atoms with van der Waals surface area (Å²) in [5.41, 5.74) is 4.66. The van der Waals surface area contributed by atoms with Gasteiger partial charge in [-0.05, 0) is 37.1 Å². The predicted molar refractivity (Wildman–Crippen MR) is 102 cm³/mol. The molecular weight excluding hydrogens is 336 g/mol. The molecule has 0 aliphatic rings. The molecule has 0 spiro atoms. The second-order valence-electron chi connectivity index (χ2n) is 5.47. The minimum atomic E-state index is -0.0733. The summed E-state index contributed by atoms with van der Waals surface area (Å²) in [5.74, 6) is 0.653. The minimum Gasteiger partial charge on any atom is -0.322 e. The lowest BCUT2D eigenvalue weighted by Crippen LogP contribution is -2.14. The van der Waals surface area contributed by atoms with Crippen molar-refractivity contribution in [2.75, 3.05) is 5.32 Å². The number of carbonyl (C=O) groups is 1. The zero-order valence-electron chi connectivity index (χ0n) is 13.6. The number of aryl methyl sites for hydroxylation is 2. The Morgan fingerprint density at radius 2 is 1.88 bits per heavy atom. The van der Waals surface area contributed by atoms with Crippen molar-refractivity contribution in [2.45, 2.75) is 23.9 Å². The van der Waals surface area contributed by atoms with Gasteiger partial charge < -0.3 is 5.32 Å². The summed E-state index contributed by atoms with van der Waals surface area (Å²) < 4.78 is 1.03. The predicted octanol–water partition coefficient (Wildman–Crippen LogP) is 5.30. The van der Waals surface area contributed by atoms with Crippen LogP contribution in [-0.2, 0) is 5.75 Å². The van der Waals surface area contributed by atoms with Gasteiger partial charge >= 0.3 is 0 Å². The molecule has 0 saturated heterocycles. The van der Waals surface area contributed by atoms with Crippen molar-refractivity contribution in [1.82, 2.24) is 4.98 Å². The fraction of sp³-hybridized carbons (Fsp3) is 0.158. The molecule has 0 fully saturated rings. The third-order valence-corrected chi connectivity index (χ3v) is 5.79. The van der Waals surface area contributed by atoms with Crippen LogP contribution in [0.4, 0.5) is 5.69 Å². The van der Waals surface area contributed by atoms with E-state index in [0.29, 0.717) is 5.56 Å². The van der Waals surface area contributed by atoms with Gasteiger partial charge in [0.1, 0.15) is 4.34 Å². The maximum atomic E-state index is 12.7. The number of para-hydroxylation sites is 1. The Morgan fingerprint density at radius 1 is 1.12 bits per heavy atom. The number of thioether (sulfide) groups is 1. The van der Waals surface area contributed by atoms with Crippen molar-refractivity contribution in [3.63, 3.8) is 0 Å². The number of carbonyl (C=O) groups excluding carboxylic acids is 1. The molecule has 5 heteroatoms. The number of hydrogen-bond acceptors (Lipinski definition) is 4. The van der Waals surface area contributed by atoms with E-state index in [0.717, 1.165) is 32.6 Å². The highest BCUT2D eigenvalue weighted by molar-refractivity contribution is 8.00. The summed E-state index contributed by atoms with van der Waals surface area (Å²) in [6.45, 7) is 3.98. The molecule has 0 aliphatic heterocycles. The average molecular weight is 355 g/mol. The first-order chi connectivity index (χ1) is 11.6. The van der Waals surface area contributed by atoms with E-state index in [9.17, 15) is 4.79 Å². The Bertz CT molecular complexity index is 858. The minimum absolute atomic E-state index is 0.0733. The summed E-state index contributed by atoms with van der Waals surface area (Å²) in [6, 6.07) is 15.5. The van der Waals surface area contributed by atoms with Crippen LogP contribution in [0.15, 0.2) is 58.3 Å². The van der Waals surface area contributed by atoms with E-state index in [2.05, 4.69) is 10.3 Å². The molecule has 2 aromatic carbocycles. The highest BCUT2D eigenvalue weighted by Gasteiger charge is 2.13. The van der Waals surface area contributed by atoms with E-state index < -0.39 is 0 Å². The number of nitrogens with zero attached hydrogens (tertiary/aromatic N) is 1. The molecule has 3 rings (SSSR count). The standard InChI is InChI=1S/C19H18N2OS2/c1-13-7-3-6-10-17(13)21-18(22)16-9-5-4-8-15(16)12-24-19-20-14(2)11-23-19/h3-11H,12H2,1-2H3,(H,21,22). The quantitative estimate of drug-likeness (QED) is 0.632. The van der Waals surface area contributed by atoms with Crippen LogP contribution >= 0.6 is 23.1 Å². The van der Waals surface area contributed by atoms with Gasteiger partial charge in [0.15, 0.2) is 0 Å². The third-order valence-electron chi connectivity index (χ3n) is 3.60. The van der Waals surface area contributed by atoms with Crippen molar-refractivity contribution in [1.29, 1.82) is 0 Å². The van der Waals surface area contributed by atoms with Crippen molar-refractivity contribution in [2.24, 2.45) is 0 Å². The molecule has 24 heavy (non-hydrogen) atoms. The molecule has 0 atom stereocenters. The zero-order chi connectivity index (χ0) is 16.9. The topological polar surface area (TPSA) is 42.0 Å². The smallest absolute Gasteiger partial charge is 0.255 e. The maximum Gasteiger partial charge on any atom is 0.255 e. The second-order valence-corrected chi connectivity index (χ2v) is 7.55.